The monoisotopic (exact) mass is 207 g/mol. The van der Waals surface area contributed by atoms with Crippen molar-refractivity contribution in [1.82, 2.24) is 10.2 Å². The second kappa shape index (κ2) is 4.68. The highest BCUT2D eigenvalue weighted by Gasteiger charge is 2.30. The standard InChI is InChI=1S/C11H17N3O/c1-15-9-5-8(6-9)7-10(12)11-3-2-4-13-14-11/h2-4,8-10H,5-7,12H2,1H3. The summed E-state index contributed by atoms with van der Waals surface area (Å²) < 4.78 is 5.23. The van der Waals surface area contributed by atoms with E-state index in [1.165, 1.54) is 0 Å². The van der Waals surface area contributed by atoms with E-state index in [2.05, 4.69) is 10.2 Å². The maximum Gasteiger partial charge on any atom is 0.0798 e. The predicted molar refractivity (Wildman–Crippen MR) is 57.1 cm³/mol. The van der Waals surface area contributed by atoms with Crippen LogP contribution in [-0.2, 0) is 4.74 Å². The SMILES string of the molecule is COC1CC(CC(N)c2cccnn2)C1. The highest BCUT2D eigenvalue weighted by molar-refractivity contribution is 5.05. The summed E-state index contributed by atoms with van der Waals surface area (Å²) in [6.07, 6.45) is 5.36. The summed E-state index contributed by atoms with van der Waals surface area (Å²) in [5.74, 6) is 0.687. The summed E-state index contributed by atoms with van der Waals surface area (Å²) in [5.41, 5.74) is 6.94. The molecule has 0 aliphatic heterocycles. The van der Waals surface area contributed by atoms with E-state index in [1.54, 1.807) is 13.3 Å². The van der Waals surface area contributed by atoms with Gasteiger partial charge in [0.05, 0.1) is 11.8 Å². The Morgan fingerprint density at radius 2 is 2.40 bits per heavy atom. The third-order valence-electron chi connectivity index (χ3n) is 3.09. The molecule has 15 heavy (non-hydrogen) atoms. The molecule has 1 aromatic heterocycles. The van der Waals surface area contributed by atoms with E-state index < -0.39 is 0 Å². The van der Waals surface area contributed by atoms with Gasteiger partial charge in [-0.25, -0.2) is 0 Å². The lowest BCUT2D eigenvalue weighted by Crippen LogP contribution is -2.32. The first kappa shape index (κ1) is 10.5. The van der Waals surface area contributed by atoms with Gasteiger partial charge in [-0.15, -0.1) is 0 Å². The van der Waals surface area contributed by atoms with Crippen LogP contribution in [0.1, 0.15) is 31.0 Å². The van der Waals surface area contributed by atoms with E-state index in [-0.39, 0.29) is 6.04 Å². The largest absolute Gasteiger partial charge is 0.381 e. The molecular formula is C11H17N3O. The molecule has 82 valence electrons. The van der Waals surface area contributed by atoms with E-state index in [0.29, 0.717) is 12.0 Å². The lowest BCUT2D eigenvalue weighted by atomic mass is 9.78. The molecule has 1 atom stereocenters. The molecule has 1 saturated carbocycles. The molecule has 0 spiro atoms. The molecule has 0 bridgehead atoms. The summed E-state index contributed by atoms with van der Waals surface area (Å²) in [4.78, 5) is 0. The normalized spacial score (nSPS) is 27.1. The molecule has 1 heterocycles. The third-order valence-corrected chi connectivity index (χ3v) is 3.09. The van der Waals surface area contributed by atoms with E-state index in [1.807, 2.05) is 12.1 Å². The summed E-state index contributed by atoms with van der Waals surface area (Å²) in [6.45, 7) is 0. The van der Waals surface area contributed by atoms with Crippen LogP contribution in [0, 0.1) is 5.92 Å². The molecule has 2 rings (SSSR count). The summed E-state index contributed by atoms with van der Waals surface area (Å²) >= 11 is 0. The van der Waals surface area contributed by atoms with Crippen LogP contribution in [0.25, 0.3) is 0 Å². The van der Waals surface area contributed by atoms with E-state index in [0.717, 1.165) is 25.0 Å². The molecule has 1 aliphatic carbocycles. The van der Waals surface area contributed by atoms with Gasteiger partial charge in [0.25, 0.3) is 0 Å². The highest BCUT2D eigenvalue weighted by Crippen LogP contribution is 2.35. The average molecular weight is 207 g/mol. The number of hydrogen-bond donors (Lipinski definition) is 1. The van der Waals surface area contributed by atoms with Crippen LogP contribution in [0.15, 0.2) is 18.3 Å². The van der Waals surface area contributed by atoms with Crippen LogP contribution in [0.5, 0.6) is 0 Å². The van der Waals surface area contributed by atoms with Crippen molar-refractivity contribution in [3.05, 3.63) is 24.0 Å². The van der Waals surface area contributed by atoms with Crippen LogP contribution in [0.4, 0.5) is 0 Å². The Labute approximate surface area is 89.8 Å². The molecule has 0 saturated heterocycles. The van der Waals surface area contributed by atoms with E-state index >= 15 is 0 Å². The van der Waals surface area contributed by atoms with Gasteiger partial charge in [0, 0.05) is 19.3 Å². The van der Waals surface area contributed by atoms with Crippen molar-refractivity contribution >= 4 is 0 Å². The van der Waals surface area contributed by atoms with Crippen molar-refractivity contribution in [3.63, 3.8) is 0 Å². The van der Waals surface area contributed by atoms with Gasteiger partial charge in [-0.05, 0) is 37.3 Å². The topological polar surface area (TPSA) is 61.0 Å². The quantitative estimate of drug-likeness (QED) is 0.808. The van der Waals surface area contributed by atoms with Crippen molar-refractivity contribution in [3.8, 4) is 0 Å². The lowest BCUT2D eigenvalue weighted by Gasteiger charge is -2.35. The lowest BCUT2D eigenvalue weighted by molar-refractivity contribution is -0.00376. The molecule has 1 aliphatic rings. The molecule has 1 unspecified atom stereocenters. The van der Waals surface area contributed by atoms with Gasteiger partial charge < -0.3 is 10.5 Å². The Morgan fingerprint density at radius 1 is 1.60 bits per heavy atom. The van der Waals surface area contributed by atoms with Crippen LogP contribution in [-0.4, -0.2) is 23.4 Å². The third kappa shape index (κ3) is 2.52. The molecule has 1 aromatic rings. The van der Waals surface area contributed by atoms with Gasteiger partial charge in [-0.1, -0.05) is 0 Å². The Kier molecular flexibility index (Phi) is 3.28. The van der Waals surface area contributed by atoms with Crippen molar-refractivity contribution in [2.75, 3.05) is 7.11 Å². The Balaban J connectivity index is 1.81. The summed E-state index contributed by atoms with van der Waals surface area (Å²) in [6, 6.07) is 3.83. The number of rotatable bonds is 4. The zero-order chi connectivity index (χ0) is 10.7. The minimum absolute atomic E-state index is 0.0153. The van der Waals surface area contributed by atoms with Crippen LogP contribution >= 0.6 is 0 Å². The first-order chi connectivity index (χ1) is 7.29. The van der Waals surface area contributed by atoms with Crippen LogP contribution in [0.3, 0.4) is 0 Å². The Bertz CT molecular complexity index is 298. The molecule has 0 radical (unpaired) electrons. The van der Waals surface area contributed by atoms with E-state index in [9.17, 15) is 0 Å². The second-order valence-corrected chi connectivity index (χ2v) is 4.19. The van der Waals surface area contributed by atoms with Crippen molar-refractivity contribution in [2.24, 2.45) is 11.7 Å². The van der Waals surface area contributed by atoms with Gasteiger partial charge in [0.2, 0.25) is 0 Å². The smallest absolute Gasteiger partial charge is 0.0798 e. The fourth-order valence-corrected chi connectivity index (χ4v) is 2.05. The zero-order valence-corrected chi connectivity index (χ0v) is 8.97. The van der Waals surface area contributed by atoms with Crippen molar-refractivity contribution < 1.29 is 4.74 Å². The molecule has 1 fully saturated rings. The zero-order valence-electron chi connectivity index (χ0n) is 8.97. The Hall–Kier alpha value is -1.00. The first-order valence-corrected chi connectivity index (χ1v) is 5.35. The van der Waals surface area contributed by atoms with Gasteiger partial charge in [0.15, 0.2) is 0 Å². The fourth-order valence-electron chi connectivity index (χ4n) is 2.05. The number of nitrogens with two attached hydrogens (primary N) is 1. The summed E-state index contributed by atoms with van der Waals surface area (Å²) in [7, 11) is 1.77. The molecule has 0 amide bonds. The molecular weight excluding hydrogens is 190 g/mol. The molecule has 4 heteroatoms. The van der Waals surface area contributed by atoms with Crippen molar-refractivity contribution in [1.29, 1.82) is 0 Å². The molecule has 4 nitrogen and oxygen atoms in total. The highest BCUT2D eigenvalue weighted by atomic mass is 16.5. The van der Waals surface area contributed by atoms with E-state index in [4.69, 9.17) is 10.5 Å². The average Bonchev–Trinajstić information content (AvgIpc) is 2.23. The number of methoxy groups -OCH3 is 1. The maximum atomic E-state index is 6.05. The first-order valence-electron chi connectivity index (χ1n) is 5.35. The number of nitrogens with zero attached hydrogens (tertiary/aromatic N) is 2. The maximum absolute atomic E-state index is 6.05. The predicted octanol–water partition coefficient (Wildman–Crippen LogP) is 1.29. The minimum Gasteiger partial charge on any atom is -0.381 e. The van der Waals surface area contributed by atoms with Crippen LogP contribution < -0.4 is 5.73 Å². The minimum atomic E-state index is 0.0153. The number of aromatic nitrogens is 2. The number of hydrogen-bond acceptors (Lipinski definition) is 4. The number of ether oxygens (including phenoxy) is 1. The van der Waals surface area contributed by atoms with Crippen molar-refractivity contribution in [2.45, 2.75) is 31.4 Å². The van der Waals surface area contributed by atoms with Gasteiger partial charge in [-0.2, -0.15) is 10.2 Å². The van der Waals surface area contributed by atoms with Gasteiger partial charge >= 0.3 is 0 Å². The fraction of sp³-hybridized carbons (Fsp3) is 0.636. The molecule has 0 aromatic carbocycles. The van der Waals surface area contributed by atoms with Gasteiger partial charge in [0.1, 0.15) is 0 Å². The van der Waals surface area contributed by atoms with Crippen LogP contribution in [0.2, 0.25) is 0 Å². The Morgan fingerprint density at radius 3 is 3.00 bits per heavy atom. The molecule has 2 N–H and O–H groups in total. The van der Waals surface area contributed by atoms with Gasteiger partial charge in [-0.3, -0.25) is 0 Å². The summed E-state index contributed by atoms with van der Waals surface area (Å²) in [5, 5.41) is 7.86. The second-order valence-electron chi connectivity index (χ2n) is 4.19.